The van der Waals surface area contributed by atoms with Gasteiger partial charge in [-0.05, 0) is 12.1 Å². The molecule has 0 radical (unpaired) electrons. The molecule has 1 N–H and O–H groups in total. The molecule has 0 aliphatic carbocycles. The molecule has 0 saturated heterocycles. The second-order valence-electron chi connectivity index (χ2n) is 2.83. The van der Waals surface area contributed by atoms with Gasteiger partial charge in [-0.15, -0.1) is 0 Å². The van der Waals surface area contributed by atoms with Crippen molar-refractivity contribution in [3.8, 4) is 0 Å². The molecule has 66 valence electrons. The molecule has 0 aromatic heterocycles. The molecule has 0 atom stereocenters. The number of rotatable bonds is 2. The van der Waals surface area contributed by atoms with Gasteiger partial charge < -0.3 is 10.0 Å². The third-order valence-corrected chi connectivity index (χ3v) is 1.93. The van der Waals surface area contributed by atoms with Crippen molar-refractivity contribution < 1.29 is 5.11 Å². The van der Waals surface area contributed by atoms with E-state index in [1.165, 1.54) is 0 Å². The van der Waals surface area contributed by atoms with E-state index < -0.39 is 0 Å². The lowest BCUT2D eigenvalue weighted by atomic mass is 10.2. The van der Waals surface area contributed by atoms with Crippen LogP contribution in [0.25, 0.3) is 0 Å². The van der Waals surface area contributed by atoms with Gasteiger partial charge >= 0.3 is 0 Å². The fraction of sp³-hybridized carbons (Fsp3) is 0.333. The van der Waals surface area contributed by atoms with Crippen LogP contribution < -0.4 is 4.90 Å². The first-order chi connectivity index (χ1) is 5.65. The summed E-state index contributed by atoms with van der Waals surface area (Å²) in [7, 11) is 3.84. The lowest BCUT2D eigenvalue weighted by Crippen LogP contribution is -2.11. The highest BCUT2D eigenvalue weighted by molar-refractivity contribution is 6.30. The minimum atomic E-state index is 0.0463. The lowest BCUT2D eigenvalue weighted by molar-refractivity contribution is 0.282. The highest BCUT2D eigenvalue weighted by Gasteiger charge is 2.03. The van der Waals surface area contributed by atoms with Gasteiger partial charge in [-0.1, -0.05) is 17.7 Å². The van der Waals surface area contributed by atoms with Crippen LogP contribution >= 0.6 is 11.6 Å². The van der Waals surface area contributed by atoms with E-state index in [9.17, 15) is 0 Å². The number of hydrogen-bond acceptors (Lipinski definition) is 2. The number of benzene rings is 1. The molecule has 3 heteroatoms. The van der Waals surface area contributed by atoms with Gasteiger partial charge in [0.05, 0.1) is 6.61 Å². The molecule has 0 fully saturated rings. The minimum absolute atomic E-state index is 0.0463. The average Bonchev–Trinajstić information content (AvgIpc) is 2.04. The zero-order valence-corrected chi connectivity index (χ0v) is 7.97. The fourth-order valence-electron chi connectivity index (χ4n) is 1.09. The number of halogens is 1. The second-order valence-corrected chi connectivity index (χ2v) is 3.26. The van der Waals surface area contributed by atoms with Crippen molar-refractivity contribution in [3.05, 3.63) is 28.8 Å². The predicted octanol–water partition coefficient (Wildman–Crippen LogP) is 1.90. The van der Waals surface area contributed by atoms with Crippen LogP contribution in [-0.4, -0.2) is 19.2 Å². The molecule has 12 heavy (non-hydrogen) atoms. The van der Waals surface area contributed by atoms with Crippen LogP contribution in [0.4, 0.5) is 5.69 Å². The minimum Gasteiger partial charge on any atom is -0.392 e. The molecule has 0 saturated carbocycles. The Bertz CT molecular complexity index is 273. The summed E-state index contributed by atoms with van der Waals surface area (Å²) in [6.45, 7) is 0.0463. The Morgan fingerprint density at radius 2 is 2.08 bits per heavy atom. The van der Waals surface area contributed by atoms with E-state index in [0.717, 1.165) is 11.3 Å². The van der Waals surface area contributed by atoms with Crippen molar-refractivity contribution in [2.75, 3.05) is 19.0 Å². The summed E-state index contributed by atoms with van der Waals surface area (Å²) >= 11 is 5.81. The van der Waals surface area contributed by atoms with Gasteiger partial charge in [0.2, 0.25) is 0 Å². The first-order valence-electron chi connectivity index (χ1n) is 3.71. The smallest absolute Gasteiger partial charge is 0.0702 e. The normalized spacial score (nSPS) is 10.0. The van der Waals surface area contributed by atoms with E-state index >= 15 is 0 Å². The number of aliphatic hydroxyl groups excluding tert-OH is 1. The quantitative estimate of drug-likeness (QED) is 0.761. The Balaban J connectivity index is 3.12. The molecule has 0 aliphatic rings. The average molecular weight is 186 g/mol. The summed E-state index contributed by atoms with van der Waals surface area (Å²) in [6, 6.07) is 5.45. The van der Waals surface area contributed by atoms with Crippen LogP contribution in [0, 0.1) is 0 Å². The summed E-state index contributed by atoms with van der Waals surface area (Å²) < 4.78 is 0. The molecule has 0 aliphatic heterocycles. The monoisotopic (exact) mass is 185 g/mol. The van der Waals surface area contributed by atoms with Gasteiger partial charge in [-0.25, -0.2) is 0 Å². The van der Waals surface area contributed by atoms with Crippen molar-refractivity contribution in [3.63, 3.8) is 0 Å². The Kier molecular flexibility index (Phi) is 2.95. The van der Waals surface area contributed by atoms with E-state index in [2.05, 4.69) is 0 Å². The maximum atomic E-state index is 8.99. The molecule has 2 nitrogen and oxygen atoms in total. The predicted molar refractivity (Wildman–Crippen MR) is 51.7 cm³/mol. The van der Waals surface area contributed by atoms with Gasteiger partial charge in [-0.2, -0.15) is 0 Å². The summed E-state index contributed by atoms with van der Waals surface area (Å²) in [5, 5.41) is 9.68. The van der Waals surface area contributed by atoms with Crippen molar-refractivity contribution in [1.29, 1.82) is 0 Å². The highest BCUT2D eigenvalue weighted by atomic mass is 35.5. The second kappa shape index (κ2) is 3.78. The van der Waals surface area contributed by atoms with E-state index in [0.29, 0.717) is 5.02 Å². The zero-order valence-electron chi connectivity index (χ0n) is 7.21. The maximum absolute atomic E-state index is 8.99. The molecule has 0 heterocycles. The molecular formula is C9H12ClNO. The molecule has 1 rings (SSSR count). The van der Waals surface area contributed by atoms with Crippen LogP contribution in [0.1, 0.15) is 5.56 Å². The van der Waals surface area contributed by atoms with Crippen LogP contribution in [0.5, 0.6) is 0 Å². The van der Waals surface area contributed by atoms with Crippen LogP contribution in [0.2, 0.25) is 5.02 Å². The molecule has 0 bridgehead atoms. The number of nitrogens with zero attached hydrogens (tertiary/aromatic N) is 1. The largest absolute Gasteiger partial charge is 0.392 e. The van der Waals surface area contributed by atoms with Crippen LogP contribution in [0.15, 0.2) is 18.2 Å². The molecule has 0 amide bonds. The Morgan fingerprint density at radius 3 is 2.58 bits per heavy atom. The van der Waals surface area contributed by atoms with Gasteiger partial charge in [0, 0.05) is 30.4 Å². The van der Waals surface area contributed by atoms with Gasteiger partial charge in [-0.3, -0.25) is 0 Å². The van der Waals surface area contributed by atoms with Crippen LogP contribution in [-0.2, 0) is 6.61 Å². The molecule has 1 aromatic carbocycles. The summed E-state index contributed by atoms with van der Waals surface area (Å²) in [6.07, 6.45) is 0. The van der Waals surface area contributed by atoms with Gasteiger partial charge in [0.15, 0.2) is 0 Å². The summed E-state index contributed by atoms with van der Waals surface area (Å²) in [4.78, 5) is 1.93. The molecule has 0 unspecified atom stereocenters. The highest BCUT2D eigenvalue weighted by Crippen LogP contribution is 2.22. The van der Waals surface area contributed by atoms with E-state index in [-0.39, 0.29) is 6.61 Å². The molecular weight excluding hydrogens is 174 g/mol. The molecule has 1 aromatic rings. The Labute approximate surface area is 77.4 Å². The number of hydrogen-bond donors (Lipinski definition) is 1. The topological polar surface area (TPSA) is 23.5 Å². The van der Waals surface area contributed by atoms with Crippen LogP contribution in [0.3, 0.4) is 0 Å². The third-order valence-electron chi connectivity index (χ3n) is 1.70. The Morgan fingerprint density at radius 1 is 1.42 bits per heavy atom. The van der Waals surface area contributed by atoms with Crippen molar-refractivity contribution in [2.45, 2.75) is 6.61 Å². The van der Waals surface area contributed by atoms with E-state index in [1.807, 2.05) is 31.1 Å². The van der Waals surface area contributed by atoms with Crippen molar-refractivity contribution >= 4 is 17.3 Å². The van der Waals surface area contributed by atoms with Gasteiger partial charge in [0.25, 0.3) is 0 Å². The van der Waals surface area contributed by atoms with Crippen molar-refractivity contribution in [1.82, 2.24) is 0 Å². The maximum Gasteiger partial charge on any atom is 0.0702 e. The van der Waals surface area contributed by atoms with E-state index in [4.69, 9.17) is 16.7 Å². The SMILES string of the molecule is CN(C)c1cc(Cl)ccc1CO. The lowest BCUT2D eigenvalue weighted by Gasteiger charge is -2.16. The first-order valence-corrected chi connectivity index (χ1v) is 4.09. The standard InChI is InChI=1S/C9H12ClNO/c1-11(2)9-5-8(10)4-3-7(9)6-12/h3-5,12H,6H2,1-2H3. The first kappa shape index (κ1) is 9.36. The van der Waals surface area contributed by atoms with Crippen molar-refractivity contribution in [2.24, 2.45) is 0 Å². The van der Waals surface area contributed by atoms with Gasteiger partial charge in [0.1, 0.15) is 0 Å². The zero-order chi connectivity index (χ0) is 9.14. The van der Waals surface area contributed by atoms with E-state index in [1.54, 1.807) is 6.07 Å². The molecule has 0 spiro atoms. The number of anilines is 1. The summed E-state index contributed by atoms with van der Waals surface area (Å²) in [5.41, 5.74) is 1.86. The fourth-order valence-corrected chi connectivity index (χ4v) is 1.25. The summed E-state index contributed by atoms with van der Waals surface area (Å²) in [5.74, 6) is 0. The third kappa shape index (κ3) is 1.90. The number of aliphatic hydroxyl groups is 1. The Hall–Kier alpha value is -0.730.